The zero-order valence-electron chi connectivity index (χ0n) is 10.9. The maximum Gasteiger partial charge on any atom is 0.170 e. The van der Waals surface area contributed by atoms with Crippen molar-refractivity contribution in [2.45, 2.75) is 32.2 Å². The SMILES string of the molecule is N/C(=N/O)c1cc(F)cc(CNCCC2CCC2)c1. The highest BCUT2D eigenvalue weighted by atomic mass is 19.1. The van der Waals surface area contributed by atoms with E-state index < -0.39 is 0 Å². The van der Waals surface area contributed by atoms with Crippen LogP contribution in [0.3, 0.4) is 0 Å². The van der Waals surface area contributed by atoms with Gasteiger partial charge in [0.2, 0.25) is 0 Å². The molecule has 1 aliphatic carbocycles. The van der Waals surface area contributed by atoms with Crippen molar-refractivity contribution in [3.63, 3.8) is 0 Å². The fourth-order valence-corrected chi connectivity index (χ4v) is 2.28. The van der Waals surface area contributed by atoms with Gasteiger partial charge < -0.3 is 16.3 Å². The molecule has 0 aromatic heterocycles. The predicted octanol–water partition coefficient (Wildman–Crippen LogP) is 2.20. The molecule has 0 atom stereocenters. The van der Waals surface area contributed by atoms with Crippen LogP contribution in [-0.2, 0) is 6.54 Å². The summed E-state index contributed by atoms with van der Waals surface area (Å²) in [4.78, 5) is 0. The Hall–Kier alpha value is -1.62. The number of benzene rings is 1. The minimum atomic E-state index is -0.375. The van der Waals surface area contributed by atoms with Crippen molar-refractivity contribution in [2.24, 2.45) is 16.8 Å². The summed E-state index contributed by atoms with van der Waals surface area (Å²) in [5, 5.41) is 14.8. The summed E-state index contributed by atoms with van der Waals surface area (Å²) in [5.41, 5.74) is 6.67. The van der Waals surface area contributed by atoms with Gasteiger partial charge in [-0.1, -0.05) is 24.4 Å². The Balaban J connectivity index is 1.86. The molecule has 4 N–H and O–H groups in total. The Morgan fingerprint density at radius 1 is 1.42 bits per heavy atom. The third kappa shape index (κ3) is 3.92. The van der Waals surface area contributed by atoms with Gasteiger partial charge in [0.15, 0.2) is 5.84 Å². The van der Waals surface area contributed by atoms with Gasteiger partial charge in [-0.25, -0.2) is 4.39 Å². The van der Waals surface area contributed by atoms with Gasteiger partial charge in [0.05, 0.1) is 0 Å². The highest BCUT2D eigenvalue weighted by Crippen LogP contribution is 2.28. The fraction of sp³-hybridized carbons (Fsp3) is 0.500. The van der Waals surface area contributed by atoms with E-state index in [2.05, 4.69) is 10.5 Å². The molecule has 104 valence electrons. The van der Waals surface area contributed by atoms with Crippen LogP contribution in [0, 0.1) is 11.7 Å². The van der Waals surface area contributed by atoms with Crippen LogP contribution < -0.4 is 11.1 Å². The molecular weight excluding hydrogens is 245 g/mol. The van der Waals surface area contributed by atoms with Crippen LogP contribution in [0.5, 0.6) is 0 Å². The van der Waals surface area contributed by atoms with Crippen molar-refractivity contribution in [3.8, 4) is 0 Å². The first-order chi connectivity index (χ1) is 9.19. The fourth-order valence-electron chi connectivity index (χ4n) is 2.28. The molecule has 0 aliphatic heterocycles. The molecule has 1 fully saturated rings. The number of rotatable bonds is 6. The largest absolute Gasteiger partial charge is 0.409 e. The van der Waals surface area contributed by atoms with E-state index in [-0.39, 0.29) is 11.7 Å². The molecule has 1 aliphatic rings. The van der Waals surface area contributed by atoms with E-state index in [1.807, 2.05) is 0 Å². The number of halogens is 1. The summed E-state index contributed by atoms with van der Waals surface area (Å²) in [5.74, 6) is 0.419. The van der Waals surface area contributed by atoms with E-state index in [4.69, 9.17) is 10.9 Å². The molecule has 5 heteroatoms. The van der Waals surface area contributed by atoms with Gasteiger partial charge in [-0.3, -0.25) is 0 Å². The summed E-state index contributed by atoms with van der Waals surface area (Å²) in [6.07, 6.45) is 5.23. The lowest BCUT2D eigenvalue weighted by Gasteiger charge is -2.25. The first-order valence-corrected chi connectivity index (χ1v) is 6.67. The van der Waals surface area contributed by atoms with Crippen LogP contribution in [0.25, 0.3) is 0 Å². The maximum atomic E-state index is 13.4. The van der Waals surface area contributed by atoms with Crippen LogP contribution in [0.1, 0.15) is 36.8 Å². The number of amidine groups is 1. The molecule has 1 aromatic rings. The molecule has 4 nitrogen and oxygen atoms in total. The Bertz CT molecular complexity index is 458. The maximum absolute atomic E-state index is 13.4. The number of hydrogen-bond donors (Lipinski definition) is 3. The van der Waals surface area contributed by atoms with Gasteiger partial charge in [0.1, 0.15) is 5.82 Å². The van der Waals surface area contributed by atoms with Gasteiger partial charge in [-0.05, 0) is 42.6 Å². The van der Waals surface area contributed by atoms with E-state index in [1.165, 1.54) is 37.8 Å². The van der Waals surface area contributed by atoms with Crippen LogP contribution in [0.15, 0.2) is 23.4 Å². The topological polar surface area (TPSA) is 70.6 Å². The van der Waals surface area contributed by atoms with Gasteiger partial charge in [0.25, 0.3) is 0 Å². The zero-order valence-corrected chi connectivity index (χ0v) is 10.9. The first kappa shape index (κ1) is 13.8. The van der Waals surface area contributed by atoms with Crippen LogP contribution in [0.2, 0.25) is 0 Å². The molecule has 0 unspecified atom stereocenters. The Kier molecular flexibility index (Phi) is 4.74. The van der Waals surface area contributed by atoms with Gasteiger partial charge in [-0.2, -0.15) is 0 Å². The van der Waals surface area contributed by atoms with Gasteiger partial charge >= 0.3 is 0 Å². The van der Waals surface area contributed by atoms with Crippen molar-refractivity contribution < 1.29 is 9.60 Å². The van der Waals surface area contributed by atoms with Gasteiger partial charge in [0, 0.05) is 12.1 Å². The van der Waals surface area contributed by atoms with Crippen LogP contribution in [0.4, 0.5) is 4.39 Å². The summed E-state index contributed by atoms with van der Waals surface area (Å²) >= 11 is 0. The van der Waals surface area contributed by atoms with E-state index in [0.29, 0.717) is 12.1 Å². The predicted molar refractivity (Wildman–Crippen MR) is 72.6 cm³/mol. The normalized spacial score (nSPS) is 16.4. The van der Waals surface area contributed by atoms with Crippen LogP contribution >= 0.6 is 0 Å². The standard InChI is InChI=1S/C14H20FN3O/c15-13-7-11(6-12(8-13)14(16)18-19)9-17-5-4-10-2-1-3-10/h6-8,10,17,19H,1-5,9H2,(H2,16,18). The van der Waals surface area contributed by atoms with E-state index in [1.54, 1.807) is 6.07 Å². The van der Waals surface area contributed by atoms with Gasteiger partial charge in [-0.15, -0.1) is 0 Å². The summed E-state index contributed by atoms with van der Waals surface area (Å²) in [6, 6.07) is 4.45. The molecule has 0 heterocycles. The number of nitrogens with two attached hydrogens (primary N) is 1. The second-order valence-corrected chi connectivity index (χ2v) is 5.10. The van der Waals surface area contributed by atoms with E-state index in [0.717, 1.165) is 18.0 Å². The first-order valence-electron chi connectivity index (χ1n) is 6.67. The van der Waals surface area contributed by atoms with Crippen molar-refractivity contribution in [2.75, 3.05) is 6.54 Å². The second kappa shape index (κ2) is 6.52. The third-order valence-electron chi connectivity index (χ3n) is 3.64. The number of nitrogens with zero attached hydrogens (tertiary/aromatic N) is 1. The highest BCUT2D eigenvalue weighted by Gasteiger charge is 2.16. The van der Waals surface area contributed by atoms with Crippen molar-refractivity contribution >= 4 is 5.84 Å². The lowest BCUT2D eigenvalue weighted by molar-refractivity contribution is 0.292. The Morgan fingerprint density at radius 2 is 2.21 bits per heavy atom. The molecule has 1 saturated carbocycles. The number of nitrogens with one attached hydrogen (secondary N) is 1. The average molecular weight is 265 g/mol. The van der Waals surface area contributed by atoms with E-state index >= 15 is 0 Å². The van der Waals surface area contributed by atoms with Crippen LogP contribution in [-0.4, -0.2) is 17.6 Å². The monoisotopic (exact) mass is 265 g/mol. The summed E-state index contributed by atoms with van der Waals surface area (Å²) in [6.45, 7) is 1.54. The molecule has 0 bridgehead atoms. The van der Waals surface area contributed by atoms with Crippen molar-refractivity contribution in [1.29, 1.82) is 0 Å². The average Bonchev–Trinajstić information content (AvgIpc) is 2.34. The van der Waals surface area contributed by atoms with Crippen molar-refractivity contribution in [3.05, 3.63) is 35.1 Å². The lowest BCUT2D eigenvalue weighted by Crippen LogP contribution is -2.21. The molecular formula is C14H20FN3O. The highest BCUT2D eigenvalue weighted by molar-refractivity contribution is 5.97. The summed E-state index contributed by atoms with van der Waals surface area (Å²) in [7, 11) is 0. The molecule has 1 aromatic carbocycles. The molecule has 19 heavy (non-hydrogen) atoms. The quantitative estimate of drug-likeness (QED) is 0.243. The molecule has 0 amide bonds. The smallest absolute Gasteiger partial charge is 0.170 e. The number of oxime groups is 1. The second-order valence-electron chi connectivity index (χ2n) is 5.10. The lowest BCUT2D eigenvalue weighted by atomic mass is 9.83. The summed E-state index contributed by atoms with van der Waals surface area (Å²) < 4.78 is 13.4. The van der Waals surface area contributed by atoms with E-state index in [9.17, 15) is 4.39 Å². The molecule has 0 saturated heterocycles. The molecule has 2 rings (SSSR count). The molecule has 0 radical (unpaired) electrons. The molecule has 0 spiro atoms. The zero-order chi connectivity index (χ0) is 13.7. The minimum absolute atomic E-state index is 0.0739. The minimum Gasteiger partial charge on any atom is -0.409 e. The Morgan fingerprint density at radius 3 is 2.84 bits per heavy atom. The third-order valence-corrected chi connectivity index (χ3v) is 3.64. The van der Waals surface area contributed by atoms with Crippen molar-refractivity contribution in [1.82, 2.24) is 5.32 Å². The Labute approximate surface area is 112 Å². The number of hydrogen-bond acceptors (Lipinski definition) is 3.